The lowest BCUT2D eigenvalue weighted by Gasteiger charge is -2.37. The second-order valence-corrected chi connectivity index (χ2v) is 13.7. The van der Waals surface area contributed by atoms with Crippen LogP contribution in [-0.2, 0) is 28.0 Å². The van der Waals surface area contributed by atoms with Gasteiger partial charge in [0.05, 0.1) is 11.3 Å². The number of hydrogen-bond donors (Lipinski definition) is 2. The third-order valence-electron chi connectivity index (χ3n) is 9.89. The number of ether oxygens (including phenoxy) is 1. The van der Waals surface area contributed by atoms with Crippen molar-refractivity contribution in [3.8, 4) is 11.8 Å². The fourth-order valence-electron chi connectivity index (χ4n) is 6.63. The SMILES string of the molecule is CNC(=O)C(CCC=O)N(C)C(=O)c1cc(N[C@H]2C[C@@H](Cc3ccc(C(C)(C)c4ccc(OCc5ccnc(C#N)n5)cc4)cc3)C2)ccc1C=O. The van der Waals surface area contributed by atoms with Crippen LogP contribution in [0, 0.1) is 17.2 Å². The van der Waals surface area contributed by atoms with Crippen LogP contribution in [0.2, 0.25) is 0 Å². The lowest BCUT2D eigenvalue weighted by atomic mass is 9.75. The van der Waals surface area contributed by atoms with Crippen molar-refractivity contribution in [3.63, 3.8) is 0 Å². The Morgan fingerprint density at radius 1 is 1.04 bits per heavy atom. The largest absolute Gasteiger partial charge is 0.487 e. The predicted molar refractivity (Wildman–Crippen MR) is 197 cm³/mol. The van der Waals surface area contributed by atoms with Gasteiger partial charge in [0.2, 0.25) is 11.7 Å². The molecule has 1 atom stereocenters. The van der Waals surface area contributed by atoms with Crippen LogP contribution in [0.5, 0.6) is 5.75 Å². The summed E-state index contributed by atoms with van der Waals surface area (Å²) in [5, 5.41) is 15.1. The van der Waals surface area contributed by atoms with Crippen molar-refractivity contribution in [1.82, 2.24) is 20.2 Å². The number of rotatable bonds is 16. The Morgan fingerprint density at radius 3 is 2.37 bits per heavy atom. The van der Waals surface area contributed by atoms with E-state index in [0.717, 1.165) is 42.5 Å². The Bertz CT molecular complexity index is 1930. The highest BCUT2D eigenvalue weighted by molar-refractivity contribution is 6.03. The number of aromatic nitrogens is 2. The van der Waals surface area contributed by atoms with Crippen LogP contribution in [0.3, 0.4) is 0 Å². The van der Waals surface area contributed by atoms with Gasteiger partial charge < -0.3 is 25.1 Å². The fourth-order valence-corrected chi connectivity index (χ4v) is 6.63. The van der Waals surface area contributed by atoms with E-state index in [2.05, 4.69) is 70.8 Å². The third kappa shape index (κ3) is 8.87. The van der Waals surface area contributed by atoms with Crippen LogP contribution in [0.4, 0.5) is 5.69 Å². The van der Waals surface area contributed by atoms with Gasteiger partial charge in [-0.1, -0.05) is 50.2 Å². The summed E-state index contributed by atoms with van der Waals surface area (Å²) in [5.41, 5.74) is 5.26. The minimum absolute atomic E-state index is 0.121. The van der Waals surface area contributed by atoms with Gasteiger partial charge in [0.25, 0.3) is 5.91 Å². The first kappa shape index (κ1) is 37.4. The van der Waals surface area contributed by atoms with E-state index >= 15 is 0 Å². The van der Waals surface area contributed by atoms with Gasteiger partial charge in [-0.25, -0.2) is 9.97 Å². The first-order valence-corrected chi connectivity index (χ1v) is 17.4. The normalized spacial score (nSPS) is 15.7. The maximum absolute atomic E-state index is 13.4. The molecule has 1 saturated carbocycles. The summed E-state index contributed by atoms with van der Waals surface area (Å²) in [4.78, 5) is 58.0. The molecule has 2 N–H and O–H groups in total. The van der Waals surface area contributed by atoms with Gasteiger partial charge in [0.1, 0.15) is 30.8 Å². The molecule has 0 saturated heterocycles. The highest BCUT2D eigenvalue weighted by Crippen LogP contribution is 2.36. The lowest BCUT2D eigenvalue weighted by Crippen LogP contribution is -2.47. The molecule has 0 aliphatic heterocycles. The number of nitrogens with one attached hydrogen (secondary N) is 2. The lowest BCUT2D eigenvalue weighted by molar-refractivity contribution is -0.125. The molecule has 0 spiro atoms. The van der Waals surface area contributed by atoms with Crippen LogP contribution in [0.25, 0.3) is 0 Å². The first-order chi connectivity index (χ1) is 25.1. The van der Waals surface area contributed by atoms with E-state index in [1.807, 2.05) is 18.2 Å². The molecule has 1 aliphatic carbocycles. The zero-order valence-electron chi connectivity index (χ0n) is 30.0. The minimum atomic E-state index is -0.832. The minimum Gasteiger partial charge on any atom is -0.487 e. The molecule has 4 aromatic rings. The number of anilines is 1. The van der Waals surface area contributed by atoms with Gasteiger partial charge >= 0.3 is 0 Å². The molecular formula is C41H44N6O5. The quantitative estimate of drug-likeness (QED) is 0.141. The number of likely N-dealkylation sites (N-methyl/N-ethyl adjacent to an activating group) is 2. The summed E-state index contributed by atoms with van der Waals surface area (Å²) < 4.78 is 5.88. The average Bonchev–Trinajstić information content (AvgIpc) is 3.16. The number of carbonyl (C=O) groups is 4. The summed E-state index contributed by atoms with van der Waals surface area (Å²) in [7, 11) is 2.99. The van der Waals surface area contributed by atoms with Crippen LogP contribution in [-0.4, -0.2) is 65.4 Å². The average molecular weight is 701 g/mol. The molecule has 0 radical (unpaired) electrons. The third-order valence-corrected chi connectivity index (χ3v) is 9.89. The fraction of sp³-hybridized carbons (Fsp3) is 0.341. The summed E-state index contributed by atoms with van der Waals surface area (Å²) in [6.07, 6.45) is 6.14. The molecule has 1 unspecified atom stereocenters. The Kier molecular flexibility index (Phi) is 12.1. The molecule has 1 heterocycles. The van der Waals surface area contributed by atoms with E-state index in [4.69, 9.17) is 10.00 Å². The molecule has 2 amide bonds. The summed E-state index contributed by atoms with van der Waals surface area (Å²) in [6.45, 7) is 4.66. The molecule has 5 rings (SSSR count). The van der Waals surface area contributed by atoms with Crippen LogP contribution in [0.15, 0.2) is 79.0 Å². The predicted octanol–water partition coefficient (Wildman–Crippen LogP) is 5.66. The zero-order chi connectivity index (χ0) is 37.3. The van der Waals surface area contributed by atoms with Crippen LogP contribution < -0.4 is 15.4 Å². The standard InChI is InChI=1S/C41H44N6O5/c1-41(2,31-12-15-35(16-13-31)52-26-33-17-18-44-38(24-42)46-33)30-10-7-27(8-11-30)20-28-21-34(22-28)45-32-14-9-29(25-49)36(23-32)40(51)47(4)37(6-5-19-48)39(50)43-3/h7-19,23,25,28,34,37,45H,5-6,20-22,26H2,1-4H3,(H,43,50)/t28-,34+,37?. The van der Waals surface area contributed by atoms with Crippen molar-refractivity contribution in [2.75, 3.05) is 19.4 Å². The molecule has 1 aliphatic rings. The molecule has 268 valence electrons. The van der Waals surface area contributed by atoms with Gasteiger partial charge in [-0.2, -0.15) is 5.26 Å². The second kappa shape index (κ2) is 16.9. The number of amides is 2. The topological polar surface area (TPSA) is 154 Å². The van der Waals surface area contributed by atoms with Crippen molar-refractivity contribution < 1.29 is 23.9 Å². The maximum Gasteiger partial charge on any atom is 0.255 e. The maximum atomic E-state index is 13.4. The smallest absolute Gasteiger partial charge is 0.255 e. The molecule has 0 bridgehead atoms. The number of benzene rings is 3. The number of nitrogens with zero attached hydrogens (tertiary/aromatic N) is 4. The van der Waals surface area contributed by atoms with E-state index in [1.54, 1.807) is 30.5 Å². The molecular weight excluding hydrogens is 656 g/mol. The summed E-state index contributed by atoms with van der Waals surface area (Å²) >= 11 is 0. The second-order valence-electron chi connectivity index (χ2n) is 13.7. The molecule has 11 heteroatoms. The summed E-state index contributed by atoms with van der Waals surface area (Å²) in [6, 6.07) is 25.0. The Balaban J connectivity index is 1.14. The van der Waals surface area contributed by atoms with Crippen molar-refractivity contribution in [2.24, 2.45) is 5.92 Å². The number of hydrogen-bond acceptors (Lipinski definition) is 9. The van der Waals surface area contributed by atoms with Gasteiger partial charge in [-0.05, 0) is 84.7 Å². The van der Waals surface area contributed by atoms with Crippen molar-refractivity contribution in [3.05, 3.63) is 118 Å². The monoisotopic (exact) mass is 700 g/mol. The number of nitriles is 1. The van der Waals surface area contributed by atoms with E-state index in [1.165, 1.54) is 30.1 Å². The molecule has 3 aromatic carbocycles. The molecule has 1 fully saturated rings. The highest BCUT2D eigenvalue weighted by atomic mass is 16.5. The van der Waals surface area contributed by atoms with Crippen molar-refractivity contribution >= 4 is 30.1 Å². The van der Waals surface area contributed by atoms with E-state index in [-0.39, 0.29) is 53.8 Å². The Labute approximate surface area is 304 Å². The van der Waals surface area contributed by atoms with Crippen molar-refractivity contribution in [1.29, 1.82) is 5.26 Å². The van der Waals surface area contributed by atoms with Crippen LogP contribution in [0.1, 0.15) is 88.5 Å². The highest BCUT2D eigenvalue weighted by Gasteiger charge is 2.31. The van der Waals surface area contributed by atoms with Gasteiger partial charge in [0.15, 0.2) is 6.29 Å². The molecule has 1 aromatic heterocycles. The molecule has 11 nitrogen and oxygen atoms in total. The van der Waals surface area contributed by atoms with E-state index in [0.29, 0.717) is 17.9 Å². The number of carbonyl (C=O) groups excluding carboxylic acids is 4. The van der Waals surface area contributed by atoms with Gasteiger partial charge in [0, 0.05) is 49.4 Å². The molecule has 52 heavy (non-hydrogen) atoms. The van der Waals surface area contributed by atoms with Crippen LogP contribution >= 0.6 is 0 Å². The Morgan fingerprint density at radius 2 is 1.73 bits per heavy atom. The first-order valence-electron chi connectivity index (χ1n) is 17.4. The zero-order valence-corrected chi connectivity index (χ0v) is 30.0. The van der Waals surface area contributed by atoms with Gasteiger partial charge in [-0.15, -0.1) is 0 Å². The van der Waals surface area contributed by atoms with Gasteiger partial charge in [-0.3, -0.25) is 14.4 Å². The van der Waals surface area contributed by atoms with E-state index < -0.39 is 11.9 Å². The van der Waals surface area contributed by atoms with E-state index in [9.17, 15) is 19.2 Å². The number of aldehydes is 2. The van der Waals surface area contributed by atoms with Crippen molar-refractivity contribution in [2.45, 2.75) is 70.1 Å². The Hall–Kier alpha value is -5.89. The summed E-state index contributed by atoms with van der Waals surface area (Å²) in [5.74, 6) is 0.532.